The first-order valence-electron chi connectivity index (χ1n) is 6.15. The molecule has 6 heteroatoms. The maximum absolute atomic E-state index is 9.47. The van der Waals surface area contributed by atoms with E-state index >= 15 is 0 Å². The van der Waals surface area contributed by atoms with Gasteiger partial charge in [-0.2, -0.15) is 4.98 Å². The second-order valence-corrected chi connectivity index (χ2v) is 4.93. The van der Waals surface area contributed by atoms with Gasteiger partial charge in [-0.15, -0.1) is 0 Å². The van der Waals surface area contributed by atoms with Gasteiger partial charge < -0.3 is 14.4 Å². The van der Waals surface area contributed by atoms with E-state index in [1.54, 1.807) is 6.07 Å². The van der Waals surface area contributed by atoms with Gasteiger partial charge in [0.25, 0.3) is 5.89 Å². The van der Waals surface area contributed by atoms with Gasteiger partial charge in [0, 0.05) is 13.0 Å². The van der Waals surface area contributed by atoms with Crippen molar-refractivity contribution in [3.05, 3.63) is 29.0 Å². The Morgan fingerprint density at radius 2 is 2.32 bits per heavy atom. The molecule has 0 amide bonds. The molecule has 19 heavy (non-hydrogen) atoms. The van der Waals surface area contributed by atoms with Crippen LogP contribution in [0.15, 0.2) is 22.7 Å². The lowest BCUT2D eigenvalue weighted by atomic mass is 10.2. The van der Waals surface area contributed by atoms with Crippen LogP contribution in [0.2, 0.25) is 5.02 Å². The molecule has 1 fully saturated rings. The Morgan fingerprint density at radius 3 is 3.11 bits per heavy atom. The van der Waals surface area contributed by atoms with Crippen molar-refractivity contribution in [2.45, 2.75) is 25.4 Å². The van der Waals surface area contributed by atoms with E-state index < -0.39 is 0 Å². The van der Waals surface area contributed by atoms with Crippen molar-refractivity contribution in [1.82, 2.24) is 10.1 Å². The van der Waals surface area contributed by atoms with Crippen molar-refractivity contribution in [1.29, 1.82) is 0 Å². The van der Waals surface area contributed by atoms with E-state index in [0.29, 0.717) is 28.7 Å². The third-order valence-corrected chi connectivity index (χ3v) is 3.41. The molecule has 0 aliphatic carbocycles. The van der Waals surface area contributed by atoms with Crippen LogP contribution < -0.4 is 0 Å². The minimum atomic E-state index is 0.110. The lowest BCUT2D eigenvalue weighted by Gasteiger charge is -2.04. The SMILES string of the molecule is Oc1ccc(Cl)c(-c2nc(CC3CCCO3)no2)c1. The number of aromatic hydroxyl groups is 1. The molecule has 1 aliphatic rings. The molecule has 1 aromatic carbocycles. The molecule has 5 nitrogen and oxygen atoms in total. The summed E-state index contributed by atoms with van der Waals surface area (Å²) in [6.45, 7) is 0.799. The molecule has 3 rings (SSSR count). The minimum absolute atomic E-state index is 0.110. The van der Waals surface area contributed by atoms with Crippen molar-refractivity contribution < 1.29 is 14.4 Å². The number of benzene rings is 1. The average Bonchev–Trinajstić information content (AvgIpc) is 3.04. The maximum atomic E-state index is 9.47. The zero-order chi connectivity index (χ0) is 13.2. The number of nitrogens with zero attached hydrogens (tertiary/aromatic N) is 2. The number of ether oxygens (including phenoxy) is 1. The Labute approximate surface area is 115 Å². The Bertz CT molecular complexity index is 579. The Kier molecular flexibility index (Phi) is 3.40. The third kappa shape index (κ3) is 2.72. The first kappa shape index (κ1) is 12.4. The van der Waals surface area contributed by atoms with Gasteiger partial charge in [-0.1, -0.05) is 16.8 Å². The summed E-state index contributed by atoms with van der Waals surface area (Å²) in [5.41, 5.74) is 0.535. The Balaban J connectivity index is 1.82. The lowest BCUT2D eigenvalue weighted by molar-refractivity contribution is 0.109. The van der Waals surface area contributed by atoms with Crippen LogP contribution in [-0.2, 0) is 11.2 Å². The molecule has 100 valence electrons. The standard InChI is InChI=1S/C13H13ClN2O3/c14-11-4-3-8(17)6-10(11)13-15-12(16-19-13)7-9-2-1-5-18-9/h3-4,6,9,17H,1-2,5,7H2. The number of phenolic OH excluding ortho intramolecular Hbond substituents is 1. The van der Waals surface area contributed by atoms with Gasteiger partial charge >= 0.3 is 0 Å². The average molecular weight is 281 g/mol. The zero-order valence-electron chi connectivity index (χ0n) is 10.2. The molecule has 2 aromatic rings. The van der Waals surface area contributed by atoms with Crippen LogP contribution in [0.25, 0.3) is 11.5 Å². The first-order valence-corrected chi connectivity index (χ1v) is 6.53. The second kappa shape index (κ2) is 5.19. The van der Waals surface area contributed by atoms with Crippen LogP contribution >= 0.6 is 11.6 Å². The van der Waals surface area contributed by atoms with Gasteiger partial charge in [0.05, 0.1) is 16.7 Å². The second-order valence-electron chi connectivity index (χ2n) is 4.52. The summed E-state index contributed by atoms with van der Waals surface area (Å²) >= 11 is 6.05. The van der Waals surface area contributed by atoms with Crippen molar-refractivity contribution in [3.63, 3.8) is 0 Å². The molecule has 1 atom stereocenters. The number of aromatic nitrogens is 2. The Hall–Kier alpha value is -1.59. The molecular formula is C13H13ClN2O3. The number of hydrogen-bond donors (Lipinski definition) is 1. The van der Waals surface area contributed by atoms with Crippen LogP contribution in [0.3, 0.4) is 0 Å². The smallest absolute Gasteiger partial charge is 0.259 e. The predicted molar refractivity (Wildman–Crippen MR) is 69.1 cm³/mol. The maximum Gasteiger partial charge on any atom is 0.259 e. The summed E-state index contributed by atoms with van der Waals surface area (Å²) in [4.78, 5) is 4.29. The van der Waals surface area contributed by atoms with Gasteiger partial charge in [-0.05, 0) is 31.0 Å². The van der Waals surface area contributed by atoms with E-state index in [-0.39, 0.29) is 11.9 Å². The summed E-state index contributed by atoms with van der Waals surface area (Å²) in [5.74, 6) is 1.02. The number of phenols is 1. The molecule has 0 radical (unpaired) electrons. The molecule has 1 saturated heterocycles. The Morgan fingerprint density at radius 1 is 1.42 bits per heavy atom. The van der Waals surface area contributed by atoms with E-state index in [9.17, 15) is 5.11 Å². The fraction of sp³-hybridized carbons (Fsp3) is 0.385. The summed E-state index contributed by atoms with van der Waals surface area (Å²) in [6, 6.07) is 4.61. The van der Waals surface area contributed by atoms with Gasteiger partial charge in [-0.25, -0.2) is 0 Å². The van der Waals surface area contributed by atoms with Crippen molar-refractivity contribution in [2.24, 2.45) is 0 Å². The minimum Gasteiger partial charge on any atom is -0.508 e. The molecular weight excluding hydrogens is 268 g/mol. The highest BCUT2D eigenvalue weighted by atomic mass is 35.5. The molecule has 0 spiro atoms. The van der Waals surface area contributed by atoms with E-state index in [0.717, 1.165) is 19.4 Å². The normalized spacial score (nSPS) is 18.9. The zero-order valence-corrected chi connectivity index (χ0v) is 10.9. The van der Waals surface area contributed by atoms with Crippen LogP contribution in [0.1, 0.15) is 18.7 Å². The van der Waals surface area contributed by atoms with Crippen molar-refractivity contribution >= 4 is 11.6 Å². The van der Waals surface area contributed by atoms with E-state index in [1.165, 1.54) is 12.1 Å². The first-order chi connectivity index (χ1) is 9.22. The fourth-order valence-electron chi connectivity index (χ4n) is 2.13. The summed E-state index contributed by atoms with van der Waals surface area (Å²) < 4.78 is 10.7. The quantitative estimate of drug-likeness (QED) is 0.936. The van der Waals surface area contributed by atoms with Gasteiger partial charge in [-0.3, -0.25) is 0 Å². The monoisotopic (exact) mass is 280 g/mol. The van der Waals surface area contributed by atoms with Gasteiger partial charge in [0.1, 0.15) is 5.75 Å². The fourth-order valence-corrected chi connectivity index (χ4v) is 2.33. The molecule has 2 heterocycles. The topological polar surface area (TPSA) is 68.4 Å². The summed E-state index contributed by atoms with van der Waals surface area (Å²) in [5, 5.41) is 13.9. The highest BCUT2D eigenvalue weighted by Crippen LogP contribution is 2.30. The van der Waals surface area contributed by atoms with Crippen LogP contribution in [0.5, 0.6) is 5.75 Å². The molecule has 0 bridgehead atoms. The predicted octanol–water partition coefficient (Wildman–Crippen LogP) is 2.82. The van der Waals surface area contributed by atoms with Gasteiger partial charge in [0.2, 0.25) is 0 Å². The van der Waals surface area contributed by atoms with Crippen LogP contribution in [0.4, 0.5) is 0 Å². The summed E-state index contributed by atoms with van der Waals surface area (Å²) in [6.07, 6.45) is 2.91. The third-order valence-electron chi connectivity index (χ3n) is 3.08. The number of halogens is 1. The molecule has 1 unspecified atom stereocenters. The van der Waals surface area contributed by atoms with Crippen molar-refractivity contribution in [3.8, 4) is 17.2 Å². The number of rotatable bonds is 3. The van der Waals surface area contributed by atoms with Crippen LogP contribution in [0, 0.1) is 0 Å². The molecule has 0 saturated carbocycles. The van der Waals surface area contributed by atoms with E-state index in [1.807, 2.05) is 0 Å². The number of hydrogen-bond acceptors (Lipinski definition) is 5. The van der Waals surface area contributed by atoms with E-state index in [4.69, 9.17) is 20.9 Å². The lowest BCUT2D eigenvalue weighted by Crippen LogP contribution is -2.09. The van der Waals surface area contributed by atoms with Crippen LogP contribution in [-0.4, -0.2) is 28.0 Å². The summed E-state index contributed by atoms with van der Waals surface area (Å²) in [7, 11) is 0. The highest BCUT2D eigenvalue weighted by Gasteiger charge is 2.20. The van der Waals surface area contributed by atoms with Gasteiger partial charge in [0.15, 0.2) is 5.82 Å². The molecule has 1 aliphatic heterocycles. The van der Waals surface area contributed by atoms with Crippen molar-refractivity contribution in [2.75, 3.05) is 6.61 Å². The molecule has 1 N–H and O–H groups in total. The molecule has 1 aromatic heterocycles. The highest BCUT2D eigenvalue weighted by molar-refractivity contribution is 6.33. The largest absolute Gasteiger partial charge is 0.508 e. The van der Waals surface area contributed by atoms with E-state index in [2.05, 4.69) is 10.1 Å².